The first kappa shape index (κ1) is 18.0. The molecule has 2 heterocycles. The highest BCUT2D eigenvalue weighted by Gasteiger charge is 2.52. The summed E-state index contributed by atoms with van der Waals surface area (Å²) in [5.41, 5.74) is -1.76. The van der Waals surface area contributed by atoms with E-state index in [0.717, 1.165) is 25.9 Å². The van der Waals surface area contributed by atoms with Gasteiger partial charge in [-0.15, -0.1) is 0 Å². The van der Waals surface area contributed by atoms with Gasteiger partial charge in [0.15, 0.2) is 0 Å². The number of carboxylic acid groups (broad SMARTS) is 1. The fourth-order valence-electron chi connectivity index (χ4n) is 3.82. The molecule has 2 rings (SSSR count). The van der Waals surface area contributed by atoms with E-state index in [1.165, 1.54) is 4.90 Å². The first-order valence-corrected chi connectivity index (χ1v) is 8.67. The highest BCUT2D eigenvalue weighted by molar-refractivity contribution is 5.85. The zero-order valence-electron chi connectivity index (χ0n) is 14.8. The Hall–Kier alpha value is -1.30. The van der Waals surface area contributed by atoms with Crippen LogP contribution in [0, 0.1) is 0 Å². The van der Waals surface area contributed by atoms with Crippen LogP contribution in [0.15, 0.2) is 0 Å². The third-order valence-electron chi connectivity index (χ3n) is 4.86. The minimum atomic E-state index is -1.14. The molecule has 6 heteroatoms. The Kier molecular flexibility index (Phi) is 5.23. The van der Waals surface area contributed by atoms with Gasteiger partial charge < -0.3 is 14.7 Å². The van der Waals surface area contributed by atoms with E-state index in [1.54, 1.807) is 0 Å². The van der Waals surface area contributed by atoms with E-state index in [9.17, 15) is 14.7 Å². The van der Waals surface area contributed by atoms with Gasteiger partial charge in [-0.05, 0) is 59.4 Å². The van der Waals surface area contributed by atoms with Gasteiger partial charge in [-0.2, -0.15) is 0 Å². The fourth-order valence-corrected chi connectivity index (χ4v) is 3.82. The topological polar surface area (TPSA) is 70.1 Å². The van der Waals surface area contributed by atoms with Crippen molar-refractivity contribution in [3.05, 3.63) is 0 Å². The number of carboxylic acids is 1. The molecule has 2 aliphatic heterocycles. The molecule has 132 valence electrons. The Morgan fingerprint density at radius 1 is 1.35 bits per heavy atom. The van der Waals surface area contributed by atoms with E-state index in [0.29, 0.717) is 25.8 Å². The molecule has 6 nitrogen and oxygen atoms in total. The Morgan fingerprint density at radius 3 is 2.61 bits per heavy atom. The number of fused-ring (bicyclic) bond motifs is 1. The summed E-state index contributed by atoms with van der Waals surface area (Å²) in [7, 11) is 0. The van der Waals surface area contributed by atoms with E-state index in [-0.39, 0.29) is 6.04 Å². The van der Waals surface area contributed by atoms with Gasteiger partial charge in [0.2, 0.25) is 0 Å². The van der Waals surface area contributed by atoms with Crippen molar-refractivity contribution in [3.8, 4) is 0 Å². The number of carbonyl (C=O) groups is 2. The SMILES string of the molecule is CCCN(C(=O)OC(C)(C)C)C1(C(=O)O)CCN2CCCC2C1. The average molecular weight is 326 g/mol. The van der Waals surface area contributed by atoms with Gasteiger partial charge in [0.05, 0.1) is 0 Å². The Bertz CT molecular complexity index is 460. The van der Waals surface area contributed by atoms with Crippen molar-refractivity contribution >= 4 is 12.1 Å². The van der Waals surface area contributed by atoms with Crippen LogP contribution in [0.3, 0.4) is 0 Å². The van der Waals surface area contributed by atoms with Crippen LogP contribution >= 0.6 is 0 Å². The van der Waals surface area contributed by atoms with Crippen LogP contribution in [-0.2, 0) is 9.53 Å². The van der Waals surface area contributed by atoms with Crippen LogP contribution in [0.5, 0.6) is 0 Å². The van der Waals surface area contributed by atoms with Gasteiger partial charge in [-0.1, -0.05) is 6.92 Å². The van der Waals surface area contributed by atoms with Crippen molar-refractivity contribution in [1.29, 1.82) is 0 Å². The zero-order chi connectivity index (χ0) is 17.3. The number of ether oxygens (including phenoxy) is 1. The fraction of sp³-hybridized carbons (Fsp3) is 0.882. The first-order chi connectivity index (χ1) is 10.7. The van der Waals surface area contributed by atoms with Crippen LogP contribution in [0.2, 0.25) is 0 Å². The van der Waals surface area contributed by atoms with Crippen molar-refractivity contribution in [2.75, 3.05) is 19.6 Å². The molecule has 0 radical (unpaired) electrons. The quantitative estimate of drug-likeness (QED) is 0.860. The summed E-state index contributed by atoms with van der Waals surface area (Å²) in [6.45, 7) is 9.57. The van der Waals surface area contributed by atoms with Crippen molar-refractivity contribution in [2.24, 2.45) is 0 Å². The number of hydrogen-bond acceptors (Lipinski definition) is 4. The summed E-state index contributed by atoms with van der Waals surface area (Å²) in [5.74, 6) is -0.900. The number of amides is 1. The maximum absolute atomic E-state index is 12.7. The lowest BCUT2D eigenvalue weighted by Crippen LogP contribution is -2.64. The summed E-state index contributed by atoms with van der Waals surface area (Å²) in [5, 5.41) is 9.99. The highest BCUT2D eigenvalue weighted by atomic mass is 16.6. The molecular weight excluding hydrogens is 296 g/mol. The molecular formula is C17H30N2O4. The molecule has 23 heavy (non-hydrogen) atoms. The van der Waals surface area contributed by atoms with Crippen molar-refractivity contribution in [3.63, 3.8) is 0 Å². The third kappa shape index (κ3) is 3.79. The van der Waals surface area contributed by atoms with E-state index >= 15 is 0 Å². The molecule has 2 atom stereocenters. The summed E-state index contributed by atoms with van der Waals surface area (Å²) in [4.78, 5) is 28.7. The van der Waals surface area contributed by atoms with Crippen LogP contribution < -0.4 is 0 Å². The number of rotatable bonds is 4. The van der Waals surface area contributed by atoms with Crippen LogP contribution in [0.25, 0.3) is 0 Å². The molecule has 1 N–H and O–H groups in total. The lowest BCUT2D eigenvalue weighted by Gasteiger charge is -2.47. The molecule has 0 bridgehead atoms. The molecule has 0 saturated carbocycles. The second-order valence-corrected chi connectivity index (χ2v) is 7.75. The minimum absolute atomic E-state index is 0.265. The maximum atomic E-state index is 12.7. The number of hydrogen-bond donors (Lipinski definition) is 1. The summed E-state index contributed by atoms with van der Waals surface area (Å²) >= 11 is 0. The lowest BCUT2D eigenvalue weighted by molar-refractivity contribution is -0.156. The van der Waals surface area contributed by atoms with E-state index in [1.807, 2.05) is 27.7 Å². The summed E-state index contributed by atoms with van der Waals surface area (Å²) in [6, 6.07) is 0.265. The summed E-state index contributed by atoms with van der Waals surface area (Å²) in [6.07, 6.45) is 3.31. The van der Waals surface area contributed by atoms with Crippen molar-refractivity contribution in [1.82, 2.24) is 9.80 Å². The van der Waals surface area contributed by atoms with Gasteiger partial charge in [0.25, 0.3) is 0 Å². The highest BCUT2D eigenvalue weighted by Crippen LogP contribution is 2.38. The number of aliphatic carboxylic acids is 1. The van der Waals surface area contributed by atoms with Gasteiger partial charge in [-0.25, -0.2) is 9.59 Å². The van der Waals surface area contributed by atoms with Crippen LogP contribution in [0.1, 0.15) is 59.8 Å². The smallest absolute Gasteiger partial charge is 0.411 e. The van der Waals surface area contributed by atoms with E-state index < -0.39 is 23.2 Å². The molecule has 1 amide bonds. The molecule has 2 unspecified atom stereocenters. The molecule has 0 aromatic heterocycles. The molecule has 0 aromatic carbocycles. The number of piperidine rings is 1. The van der Waals surface area contributed by atoms with Gasteiger partial charge >= 0.3 is 12.1 Å². The average Bonchev–Trinajstić information content (AvgIpc) is 2.89. The largest absolute Gasteiger partial charge is 0.479 e. The van der Waals surface area contributed by atoms with E-state index in [2.05, 4.69) is 4.90 Å². The number of nitrogens with zero attached hydrogens (tertiary/aromatic N) is 2. The minimum Gasteiger partial charge on any atom is -0.479 e. The maximum Gasteiger partial charge on any atom is 0.411 e. The lowest BCUT2D eigenvalue weighted by atomic mass is 9.81. The Balaban J connectivity index is 2.27. The third-order valence-corrected chi connectivity index (χ3v) is 4.86. The molecule has 0 aromatic rings. The summed E-state index contributed by atoms with van der Waals surface area (Å²) < 4.78 is 5.50. The van der Waals surface area contributed by atoms with Crippen molar-refractivity contribution in [2.45, 2.75) is 77.0 Å². The molecule has 2 saturated heterocycles. The first-order valence-electron chi connectivity index (χ1n) is 8.67. The van der Waals surface area contributed by atoms with Gasteiger partial charge in [-0.3, -0.25) is 4.90 Å². The Labute approximate surface area is 138 Å². The predicted molar refractivity (Wildman–Crippen MR) is 87.4 cm³/mol. The van der Waals surface area contributed by atoms with Crippen LogP contribution in [0.4, 0.5) is 4.79 Å². The monoisotopic (exact) mass is 326 g/mol. The normalized spacial score (nSPS) is 28.3. The van der Waals surface area contributed by atoms with E-state index in [4.69, 9.17) is 4.74 Å². The van der Waals surface area contributed by atoms with Crippen molar-refractivity contribution < 1.29 is 19.4 Å². The molecule has 2 fully saturated rings. The second kappa shape index (κ2) is 6.67. The van der Waals surface area contributed by atoms with Gasteiger partial charge in [0.1, 0.15) is 11.1 Å². The molecule has 0 aliphatic carbocycles. The molecule has 0 spiro atoms. The Morgan fingerprint density at radius 2 is 2.04 bits per heavy atom. The molecule has 2 aliphatic rings. The predicted octanol–water partition coefficient (Wildman–Crippen LogP) is 2.72. The second-order valence-electron chi connectivity index (χ2n) is 7.75. The number of carbonyl (C=O) groups excluding carboxylic acids is 1. The standard InChI is InChI=1S/C17H30N2O4/c1-5-9-19(15(22)23-16(2,3)4)17(14(20)21)8-11-18-10-6-7-13(18)12-17/h13H,5-12H2,1-4H3,(H,20,21). The van der Waals surface area contributed by atoms with Crippen LogP contribution in [-0.4, -0.2) is 63.8 Å². The zero-order valence-corrected chi connectivity index (χ0v) is 14.8. The van der Waals surface area contributed by atoms with Gasteiger partial charge in [0, 0.05) is 19.1 Å².